The molecule has 5 heteroatoms. The van der Waals surface area contributed by atoms with E-state index in [1.165, 1.54) is 0 Å². The highest BCUT2D eigenvalue weighted by Crippen LogP contribution is 2.08. The molecule has 0 fully saturated rings. The molecule has 0 bridgehead atoms. The van der Waals surface area contributed by atoms with Gasteiger partial charge in [-0.1, -0.05) is 6.92 Å². The third-order valence-electron chi connectivity index (χ3n) is 2.30. The van der Waals surface area contributed by atoms with Gasteiger partial charge in [-0.3, -0.25) is 4.79 Å². The maximum Gasteiger partial charge on any atom is 0.325 e. The number of imidazole rings is 1. The molecule has 0 aliphatic heterocycles. The summed E-state index contributed by atoms with van der Waals surface area (Å²) >= 11 is 0. The fourth-order valence-electron chi connectivity index (χ4n) is 1.35. The van der Waals surface area contributed by atoms with Crippen LogP contribution in [0.3, 0.4) is 0 Å². The molecule has 2 N–H and O–H groups in total. The maximum absolute atomic E-state index is 11.2. The van der Waals surface area contributed by atoms with Crippen LogP contribution in [0.25, 0.3) is 0 Å². The third kappa shape index (κ3) is 3.06. The van der Waals surface area contributed by atoms with E-state index in [0.717, 1.165) is 6.42 Å². The van der Waals surface area contributed by atoms with Crippen LogP contribution < -0.4 is 5.32 Å². The van der Waals surface area contributed by atoms with Gasteiger partial charge < -0.3 is 15.0 Å². The van der Waals surface area contributed by atoms with Crippen molar-refractivity contribution in [1.29, 1.82) is 0 Å². The van der Waals surface area contributed by atoms with E-state index < -0.39 is 11.5 Å². The maximum atomic E-state index is 11.2. The summed E-state index contributed by atoms with van der Waals surface area (Å²) in [6.07, 6.45) is 5.93. The molecule has 0 aromatic carbocycles. The van der Waals surface area contributed by atoms with Gasteiger partial charge >= 0.3 is 5.97 Å². The topological polar surface area (TPSA) is 67.2 Å². The molecule has 0 aliphatic rings. The zero-order chi connectivity index (χ0) is 11.3. The summed E-state index contributed by atoms with van der Waals surface area (Å²) in [5.74, 6) is -0.843. The van der Waals surface area contributed by atoms with Crippen molar-refractivity contribution < 1.29 is 9.90 Å². The average Bonchev–Trinajstić information content (AvgIpc) is 2.67. The van der Waals surface area contributed by atoms with Gasteiger partial charge in [0.1, 0.15) is 5.54 Å². The van der Waals surface area contributed by atoms with Gasteiger partial charge in [-0.2, -0.15) is 0 Å². The fourth-order valence-corrected chi connectivity index (χ4v) is 1.35. The molecule has 5 nitrogen and oxygen atoms in total. The number of carboxylic acid groups (broad SMARTS) is 1. The van der Waals surface area contributed by atoms with Crippen molar-refractivity contribution in [3.63, 3.8) is 0 Å². The first-order valence-corrected chi connectivity index (χ1v) is 5.02. The molecule has 0 radical (unpaired) electrons. The van der Waals surface area contributed by atoms with Crippen LogP contribution in [0.15, 0.2) is 18.7 Å². The Bertz CT molecular complexity index is 310. The number of aromatic nitrogens is 2. The predicted molar refractivity (Wildman–Crippen MR) is 56.6 cm³/mol. The van der Waals surface area contributed by atoms with Crippen molar-refractivity contribution in [2.75, 3.05) is 6.54 Å². The molecule has 15 heavy (non-hydrogen) atoms. The lowest BCUT2D eigenvalue weighted by Gasteiger charge is -2.26. The van der Waals surface area contributed by atoms with Crippen molar-refractivity contribution in [1.82, 2.24) is 14.9 Å². The van der Waals surface area contributed by atoms with E-state index in [2.05, 4.69) is 10.3 Å². The molecular formula is C10H17N3O2. The molecule has 0 spiro atoms. The van der Waals surface area contributed by atoms with Gasteiger partial charge in [0.25, 0.3) is 0 Å². The van der Waals surface area contributed by atoms with Crippen molar-refractivity contribution >= 4 is 5.97 Å². The number of carbonyl (C=O) groups is 1. The Hall–Kier alpha value is -1.36. The average molecular weight is 211 g/mol. The minimum absolute atomic E-state index is 0.377. The summed E-state index contributed by atoms with van der Waals surface area (Å²) in [5.41, 5.74) is -0.934. The van der Waals surface area contributed by atoms with E-state index >= 15 is 0 Å². The Morgan fingerprint density at radius 2 is 2.40 bits per heavy atom. The van der Waals surface area contributed by atoms with Gasteiger partial charge in [-0.25, -0.2) is 4.98 Å². The van der Waals surface area contributed by atoms with E-state index in [4.69, 9.17) is 5.11 Å². The molecule has 0 saturated carbocycles. The van der Waals surface area contributed by atoms with Gasteiger partial charge in [0.2, 0.25) is 0 Å². The van der Waals surface area contributed by atoms with Crippen LogP contribution in [0, 0.1) is 0 Å². The van der Waals surface area contributed by atoms with E-state index in [1.54, 1.807) is 30.2 Å². The fraction of sp³-hybridized carbons (Fsp3) is 0.600. The molecule has 1 heterocycles. The lowest BCUT2D eigenvalue weighted by molar-refractivity contribution is -0.144. The Balaban J connectivity index is 2.68. The lowest BCUT2D eigenvalue weighted by Crippen LogP contribution is -2.52. The molecule has 1 aromatic heterocycles. The molecule has 0 aliphatic carbocycles. The zero-order valence-electron chi connectivity index (χ0n) is 9.10. The first-order valence-electron chi connectivity index (χ1n) is 5.02. The van der Waals surface area contributed by atoms with Crippen molar-refractivity contribution in [2.45, 2.75) is 32.4 Å². The number of carboxylic acids is 1. The van der Waals surface area contributed by atoms with Gasteiger partial charge in [-0.15, -0.1) is 0 Å². The van der Waals surface area contributed by atoms with Crippen LogP contribution in [0.2, 0.25) is 0 Å². The normalized spacial score (nSPS) is 14.8. The Labute approximate surface area is 89.1 Å². The zero-order valence-corrected chi connectivity index (χ0v) is 9.10. The summed E-state index contributed by atoms with van der Waals surface area (Å²) in [6.45, 7) is 4.76. The van der Waals surface area contributed by atoms with Crippen LogP contribution in [0.4, 0.5) is 0 Å². The smallest absolute Gasteiger partial charge is 0.325 e. The molecule has 0 amide bonds. The summed E-state index contributed by atoms with van der Waals surface area (Å²) in [4.78, 5) is 15.0. The second kappa shape index (κ2) is 4.93. The van der Waals surface area contributed by atoms with Gasteiger partial charge in [0, 0.05) is 12.4 Å². The van der Waals surface area contributed by atoms with E-state index in [9.17, 15) is 4.79 Å². The summed E-state index contributed by atoms with van der Waals surface area (Å²) in [7, 11) is 0. The monoisotopic (exact) mass is 211 g/mol. The first-order chi connectivity index (χ1) is 7.08. The van der Waals surface area contributed by atoms with Crippen LogP contribution in [0.1, 0.15) is 20.3 Å². The highest BCUT2D eigenvalue weighted by molar-refractivity contribution is 5.78. The van der Waals surface area contributed by atoms with Gasteiger partial charge in [0.15, 0.2) is 0 Å². The molecule has 84 valence electrons. The Kier molecular flexibility index (Phi) is 3.85. The number of hydrogen-bond donors (Lipinski definition) is 2. The second-order valence-electron chi connectivity index (χ2n) is 3.80. The van der Waals surface area contributed by atoms with Crippen LogP contribution in [-0.2, 0) is 11.3 Å². The van der Waals surface area contributed by atoms with Crippen molar-refractivity contribution in [2.24, 2.45) is 0 Å². The SMILES string of the molecule is CCCNC(C)(Cn1ccnc1)C(=O)O. The van der Waals surface area contributed by atoms with Gasteiger partial charge in [0.05, 0.1) is 12.9 Å². The van der Waals surface area contributed by atoms with Crippen LogP contribution >= 0.6 is 0 Å². The molecule has 1 rings (SSSR count). The number of nitrogens with one attached hydrogen (secondary N) is 1. The predicted octanol–water partition coefficient (Wildman–Crippen LogP) is 0.726. The van der Waals surface area contributed by atoms with Crippen molar-refractivity contribution in [3.8, 4) is 0 Å². The molecule has 1 unspecified atom stereocenters. The number of nitrogens with zero attached hydrogens (tertiary/aromatic N) is 2. The van der Waals surface area contributed by atoms with E-state index in [-0.39, 0.29) is 0 Å². The Morgan fingerprint density at radius 3 is 2.87 bits per heavy atom. The van der Waals surface area contributed by atoms with E-state index in [0.29, 0.717) is 13.1 Å². The molecule has 0 saturated heterocycles. The number of rotatable bonds is 6. The first kappa shape index (κ1) is 11.7. The molecule has 1 atom stereocenters. The third-order valence-corrected chi connectivity index (χ3v) is 2.30. The second-order valence-corrected chi connectivity index (χ2v) is 3.80. The Morgan fingerprint density at radius 1 is 1.67 bits per heavy atom. The minimum atomic E-state index is -0.934. The lowest BCUT2D eigenvalue weighted by atomic mass is 10.0. The number of hydrogen-bond acceptors (Lipinski definition) is 3. The highest BCUT2D eigenvalue weighted by Gasteiger charge is 2.32. The van der Waals surface area contributed by atoms with Crippen LogP contribution in [-0.4, -0.2) is 32.7 Å². The summed E-state index contributed by atoms with van der Waals surface area (Å²) in [6, 6.07) is 0. The molecule has 1 aromatic rings. The minimum Gasteiger partial charge on any atom is -0.480 e. The molecular weight excluding hydrogens is 194 g/mol. The standard InChI is InChI=1S/C10H17N3O2/c1-3-4-12-10(2,9(14)15)7-13-6-5-11-8-13/h5-6,8,12H,3-4,7H2,1-2H3,(H,14,15). The number of aliphatic carboxylic acids is 1. The highest BCUT2D eigenvalue weighted by atomic mass is 16.4. The van der Waals surface area contributed by atoms with E-state index in [1.807, 2.05) is 6.92 Å². The van der Waals surface area contributed by atoms with Gasteiger partial charge in [-0.05, 0) is 19.9 Å². The van der Waals surface area contributed by atoms with Crippen LogP contribution in [0.5, 0.6) is 0 Å². The summed E-state index contributed by atoms with van der Waals surface area (Å²) < 4.78 is 1.76. The summed E-state index contributed by atoms with van der Waals surface area (Å²) in [5, 5.41) is 12.2. The quantitative estimate of drug-likeness (QED) is 0.727. The van der Waals surface area contributed by atoms with Crippen molar-refractivity contribution in [3.05, 3.63) is 18.7 Å². The largest absolute Gasteiger partial charge is 0.480 e.